The van der Waals surface area contributed by atoms with Gasteiger partial charge in [0.05, 0.1) is 13.2 Å². The predicted molar refractivity (Wildman–Crippen MR) is 80.8 cm³/mol. The first-order valence-electron chi connectivity index (χ1n) is 7.61. The second-order valence-electron chi connectivity index (χ2n) is 4.94. The van der Waals surface area contributed by atoms with Gasteiger partial charge >= 0.3 is 0 Å². The summed E-state index contributed by atoms with van der Waals surface area (Å²) in [5.41, 5.74) is 0. The van der Waals surface area contributed by atoms with E-state index in [1.807, 2.05) is 7.05 Å². The first-order chi connectivity index (χ1) is 9.36. The minimum atomic E-state index is 0.865. The first-order valence-corrected chi connectivity index (χ1v) is 7.61. The summed E-state index contributed by atoms with van der Waals surface area (Å²) in [6.07, 6.45) is 5.13. The van der Waals surface area contributed by atoms with Gasteiger partial charge in [-0.15, -0.1) is 0 Å². The number of unbranched alkanes of at least 4 members (excludes halogenated alkanes) is 3. The number of aliphatic imine (C=N–C) groups is 1. The Balaban J connectivity index is 2.01. The molecule has 0 unspecified atom stereocenters. The van der Waals surface area contributed by atoms with Crippen LogP contribution in [0.15, 0.2) is 4.99 Å². The maximum absolute atomic E-state index is 5.34. The highest BCUT2D eigenvalue weighted by atomic mass is 16.5. The zero-order valence-electron chi connectivity index (χ0n) is 12.6. The standard InChI is InChI=1S/C14H30N4O/c1-3-4-5-6-7-16-14(15-2)17-8-9-18-10-12-19-13-11-18/h3-13H2,1-2H3,(H2,15,16,17). The lowest BCUT2D eigenvalue weighted by molar-refractivity contribution is 0.0389. The molecule has 1 saturated heterocycles. The van der Waals surface area contributed by atoms with E-state index in [-0.39, 0.29) is 0 Å². The van der Waals surface area contributed by atoms with Crippen molar-refractivity contribution in [3.8, 4) is 0 Å². The van der Waals surface area contributed by atoms with E-state index in [0.717, 1.165) is 51.9 Å². The Labute approximate surface area is 117 Å². The molecule has 1 fully saturated rings. The maximum atomic E-state index is 5.34. The average Bonchev–Trinajstić information content (AvgIpc) is 2.46. The second-order valence-corrected chi connectivity index (χ2v) is 4.94. The Morgan fingerprint density at radius 2 is 1.84 bits per heavy atom. The van der Waals surface area contributed by atoms with Crippen LogP contribution in [0.2, 0.25) is 0 Å². The predicted octanol–water partition coefficient (Wildman–Crippen LogP) is 1.06. The SMILES string of the molecule is CCCCCCNC(=NC)NCCN1CCOCC1. The van der Waals surface area contributed by atoms with E-state index in [1.54, 1.807) is 0 Å². The van der Waals surface area contributed by atoms with Gasteiger partial charge < -0.3 is 15.4 Å². The topological polar surface area (TPSA) is 48.9 Å². The first kappa shape index (κ1) is 16.2. The van der Waals surface area contributed by atoms with Gasteiger partial charge in [0, 0.05) is 39.8 Å². The molecule has 1 aliphatic rings. The van der Waals surface area contributed by atoms with Crippen LogP contribution >= 0.6 is 0 Å². The summed E-state index contributed by atoms with van der Waals surface area (Å²) in [5, 5.41) is 6.73. The van der Waals surface area contributed by atoms with E-state index in [0.29, 0.717) is 0 Å². The number of nitrogens with one attached hydrogen (secondary N) is 2. The molecule has 1 aliphatic heterocycles. The molecule has 0 aromatic rings. The van der Waals surface area contributed by atoms with Crippen molar-refractivity contribution >= 4 is 5.96 Å². The fourth-order valence-electron chi connectivity index (χ4n) is 2.14. The third kappa shape index (κ3) is 8.06. The van der Waals surface area contributed by atoms with E-state index in [1.165, 1.54) is 25.7 Å². The van der Waals surface area contributed by atoms with Gasteiger partial charge in [-0.05, 0) is 6.42 Å². The van der Waals surface area contributed by atoms with Crippen molar-refractivity contribution in [3.05, 3.63) is 0 Å². The molecule has 0 spiro atoms. The van der Waals surface area contributed by atoms with Crippen molar-refractivity contribution in [2.24, 2.45) is 4.99 Å². The third-order valence-corrected chi connectivity index (χ3v) is 3.37. The number of guanidine groups is 1. The summed E-state index contributed by atoms with van der Waals surface area (Å²) in [6.45, 7) is 9.07. The van der Waals surface area contributed by atoms with Crippen LogP contribution in [-0.2, 0) is 4.74 Å². The second kappa shape index (κ2) is 11.1. The summed E-state index contributed by atoms with van der Waals surface area (Å²) in [5.74, 6) is 0.921. The Hall–Kier alpha value is -0.810. The summed E-state index contributed by atoms with van der Waals surface area (Å²) in [6, 6.07) is 0. The molecule has 0 aliphatic carbocycles. The van der Waals surface area contributed by atoms with Gasteiger partial charge in [0.25, 0.3) is 0 Å². The molecule has 0 bridgehead atoms. The minimum Gasteiger partial charge on any atom is -0.379 e. The Kier molecular flexibility index (Phi) is 9.45. The monoisotopic (exact) mass is 270 g/mol. The van der Waals surface area contributed by atoms with E-state index >= 15 is 0 Å². The molecule has 1 rings (SSSR count). The van der Waals surface area contributed by atoms with Gasteiger partial charge in [-0.3, -0.25) is 9.89 Å². The molecule has 0 aromatic carbocycles. The molecule has 2 N–H and O–H groups in total. The van der Waals surface area contributed by atoms with Crippen LogP contribution in [0.3, 0.4) is 0 Å². The normalized spacial score (nSPS) is 17.5. The molecule has 0 saturated carbocycles. The number of hydrogen-bond donors (Lipinski definition) is 2. The number of hydrogen-bond acceptors (Lipinski definition) is 3. The molecule has 0 amide bonds. The van der Waals surface area contributed by atoms with E-state index in [9.17, 15) is 0 Å². The molecule has 0 atom stereocenters. The van der Waals surface area contributed by atoms with Crippen LogP contribution in [0.25, 0.3) is 0 Å². The van der Waals surface area contributed by atoms with Gasteiger partial charge in [-0.1, -0.05) is 26.2 Å². The molecule has 0 aromatic heterocycles. The summed E-state index contributed by atoms with van der Waals surface area (Å²) < 4.78 is 5.34. The molecule has 5 heteroatoms. The van der Waals surface area contributed by atoms with Gasteiger partial charge in [0.15, 0.2) is 5.96 Å². The summed E-state index contributed by atoms with van der Waals surface area (Å²) in [7, 11) is 1.83. The highest BCUT2D eigenvalue weighted by Crippen LogP contribution is 1.97. The van der Waals surface area contributed by atoms with Crippen molar-refractivity contribution in [1.29, 1.82) is 0 Å². The van der Waals surface area contributed by atoms with Crippen LogP contribution in [0.5, 0.6) is 0 Å². The van der Waals surface area contributed by atoms with Crippen molar-refractivity contribution in [1.82, 2.24) is 15.5 Å². The lowest BCUT2D eigenvalue weighted by Crippen LogP contribution is -2.44. The van der Waals surface area contributed by atoms with Gasteiger partial charge in [0.1, 0.15) is 0 Å². The Morgan fingerprint density at radius 3 is 2.53 bits per heavy atom. The Morgan fingerprint density at radius 1 is 1.11 bits per heavy atom. The fourth-order valence-corrected chi connectivity index (χ4v) is 2.14. The molecule has 19 heavy (non-hydrogen) atoms. The molecule has 112 valence electrons. The number of morpholine rings is 1. The number of nitrogens with zero attached hydrogens (tertiary/aromatic N) is 2. The average molecular weight is 270 g/mol. The highest BCUT2D eigenvalue weighted by molar-refractivity contribution is 5.79. The van der Waals surface area contributed by atoms with Crippen LogP contribution in [0.1, 0.15) is 32.6 Å². The zero-order valence-corrected chi connectivity index (χ0v) is 12.6. The molecular formula is C14H30N4O. The lowest BCUT2D eigenvalue weighted by atomic mass is 10.2. The van der Waals surface area contributed by atoms with E-state index < -0.39 is 0 Å². The van der Waals surface area contributed by atoms with Crippen LogP contribution in [0.4, 0.5) is 0 Å². The largest absolute Gasteiger partial charge is 0.379 e. The lowest BCUT2D eigenvalue weighted by Gasteiger charge is -2.26. The van der Waals surface area contributed by atoms with Gasteiger partial charge in [-0.2, -0.15) is 0 Å². The molecule has 5 nitrogen and oxygen atoms in total. The van der Waals surface area contributed by atoms with Crippen molar-refractivity contribution in [3.63, 3.8) is 0 Å². The smallest absolute Gasteiger partial charge is 0.191 e. The highest BCUT2D eigenvalue weighted by Gasteiger charge is 2.09. The van der Waals surface area contributed by atoms with E-state index in [4.69, 9.17) is 4.74 Å². The minimum absolute atomic E-state index is 0.865. The molecular weight excluding hydrogens is 240 g/mol. The number of ether oxygens (including phenoxy) is 1. The van der Waals surface area contributed by atoms with Gasteiger partial charge in [0.2, 0.25) is 0 Å². The Bertz CT molecular complexity index is 240. The third-order valence-electron chi connectivity index (χ3n) is 3.37. The summed E-state index contributed by atoms with van der Waals surface area (Å²) >= 11 is 0. The van der Waals surface area contributed by atoms with E-state index in [2.05, 4.69) is 27.4 Å². The number of rotatable bonds is 8. The summed E-state index contributed by atoms with van der Waals surface area (Å²) in [4.78, 5) is 6.66. The molecule has 1 heterocycles. The molecule has 0 radical (unpaired) electrons. The fraction of sp³-hybridized carbons (Fsp3) is 0.929. The quantitative estimate of drug-likeness (QED) is 0.393. The van der Waals surface area contributed by atoms with Crippen molar-refractivity contribution in [2.75, 3.05) is 53.0 Å². The van der Waals surface area contributed by atoms with Crippen LogP contribution in [-0.4, -0.2) is 63.8 Å². The van der Waals surface area contributed by atoms with Crippen molar-refractivity contribution in [2.45, 2.75) is 32.6 Å². The van der Waals surface area contributed by atoms with Gasteiger partial charge in [-0.25, -0.2) is 0 Å². The van der Waals surface area contributed by atoms with Crippen LogP contribution < -0.4 is 10.6 Å². The maximum Gasteiger partial charge on any atom is 0.191 e. The zero-order chi connectivity index (χ0) is 13.8. The van der Waals surface area contributed by atoms with Crippen molar-refractivity contribution < 1.29 is 4.74 Å². The van der Waals surface area contributed by atoms with Crippen LogP contribution in [0, 0.1) is 0 Å².